The second kappa shape index (κ2) is 8.30. The monoisotopic (exact) mass is 309 g/mol. The van der Waals surface area contributed by atoms with Crippen molar-refractivity contribution in [2.45, 2.75) is 53.0 Å². The molecule has 0 saturated carbocycles. The summed E-state index contributed by atoms with van der Waals surface area (Å²) >= 11 is 0. The Morgan fingerprint density at radius 3 is 2.05 bits per heavy atom. The van der Waals surface area contributed by atoms with Crippen molar-refractivity contribution in [3.8, 4) is 0 Å². The number of hydrogen-bond donors (Lipinski definition) is 0. The average Bonchev–Trinajstić information content (AvgIpc) is 2.48. The quantitative estimate of drug-likeness (QED) is 0.780. The first-order chi connectivity index (χ1) is 10.5. The van der Waals surface area contributed by atoms with Gasteiger partial charge in [-0.2, -0.15) is 0 Å². The lowest BCUT2D eigenvalue weighted by molar-refractivity contribution is -0.133. The lowest BCUT2D eigenvalue weighted by atomic mass is 9.95. The van der Waals surface area contributed by atoms with Crippen LogP contribution in [0, 0.1) is 11.8 Å². The SMILES string of the molecule is CC(C)CC(=O)N1CCN(CC2CCN(C(C)C)CC2)CC1. The number of carbonyl (C=O) groups excluding carboxylic acids is 1. The molecule has 4 heteroatoms. The van der Waals surface area contributed by atoms with Gasteiger partial charge in [0.05, 0.1) is 0 Å². The van der Waals surface area contributed by atoms with Crippen LogP contribution in [0.5, 0.6) is 0 Å². The van der Waals surface area contributed by atoms with Gasteiger partial charge in [0.1, 0.15) is 0 Å². The van der Waals surface area contributed by atoms with E-state index in [4.69, 9.17) is 0 Å². The van der Waals surface area contributed by atoms with Crippen LogP contribution in [0.2, 0.25) is 0 Å². The summed E-state index contributed by atoms with van der Waals surface area (Å²) in [5.74, 6) is 1.67. The van der Waals surface area contributed by atoms with E-state index in [1.165, 1.54) is 32.5 Å². The molecule has 4 nitrogen and oxygen atoms in total. The van der Waals surface area contributed by atoms with Gasteiger partial charge in [-0.3, -0.25) is 9.69 Å². The first-order valence-electron chi connectivity index (χ1n) is 9.20. The second-order valence-electron chi connectivity index (χ2n) is 7.85. The van der Waals surface area contributed by atoms with E-state index in [0.29, 0.717) is 24.3 Å². The summed E-state index contributed by atoms with van der Waals surface area (Å²) in [7, 11) is 0. The van der Waals surface area contributed by atoms with E-state index >= 15 is 0 Å². The van der Waals surface area contributed by atoms with Crippen LogP contribution in [0.4, 0.5) is 0 Å². The lowest BCUT2D eigenvalue weighted by Crippen LogP contribution is -2.50. The Kier molecular flexibility index (Phi) is 6.69. The molecular formula is C18H35N3O. The molecule has 0 aromatic heterocycles. The summed E-state index contributed by atoms with van der Waals surface area (Å²) in [6.07, 6.45) is 3.38. The summed E-state index contributed by atoms with van der Waals surface area (Å²) in [4.78, 5) is 19.3. The molecule has 2 fully saturated rings. The van der Waals surface area contributed by atoms with Gasteiger partial charge in [0.25, 0.3) is 0 Å². The molecule has 2 saturated heterocycles. The number of hydrogen-bond acceptors (Lipinski definition) is 3. The predicted octanol–water partition coefficient (Wildman–Crippen LogP) is 2.30. The average molecular weight is 309 g/mol. The molecule has 0 spiro atoms. The third kappa shape index (κ3) is 5.24. The molecule has 0 unspecified atom stereocenters. The summed E-state index contributed by atoms with van der Waals surface area (Å²) in [6.45, 7) is 16.6. The highest BCUT2D eigenvalue weighted by atomic mass is 16.2. The third-order valence-corrected chi connectivity index (χ3v) is 5.20. The van der Waals surface area contributed by atoms with Crippen LogP contribution in [-0.4, -0.2) is 72.5 Å². The van der Waals surface area contributed by atoms with Crippen molar-refractivity contribution < 1.29 is 4.79 Å². The zero-order valence-electron chi connectivity index (χ0n) is 15.1. The minimum absolute atomic E-state index is 0.347. The van der Waals surface area contributed by atoms with Gasteiger partial charge in [-0.15, -0.1) is 0 Å². The zero-order chi connectivity index (χ0) is 16.1. The zero-order valence-corrected chi connectivity index (χ0v) is 15.1. The first-order valence-corrected chi connectivity index (χ1v) is 9.20. The maximum atomic E-state index is 12.1. The van der Waals surface area contributed by atoms with Crippen molar-refractivity contribution >= 4 is 5.91 Å². The Balaban J connectivity index is 1.67. The Bertz CT molecular complexity index is 340. The molecular weight excluding hydrogens is 274 g/mol. The maximum Gasteiger partial charge on any atom is 0.222 e. The summed E-state index contributed by atoms with van der Waals surface area (Å²) in [6, 6.07) is 0.691. The fourth-order valence-corrected chi connectivity index (χ4v) is 3.68. The van der Waals surface area contributed by atoms with E-state index in [2.05, 4.69) is 42.4 Å². The largest absolute Gasteiger partial charge is 0.340 e. The lowest BCUT2D eigenvalue weighted by Gasteiger charge is -2.39. The van der Waals surface area contributed by atoms with Crippen molar-refractivity contribution in [3.63, 3.8) is 0 Å². The highest BCUT2D eigenvalue weighted by Crippen LogP contribution is 2.20. The van der Waals surface area contributed by atoms with Crippen LogP contribution in [0.1, 0.15) is 47.0 Å². The van der Waals surface area contributed by atoms with E-state index in [1.54, 1.807) is 0 Å². The molecule has 128 valence electrons. The van der Waals surface area contributed by atoms with Crippen LogP contribution in [0.3, 0.4) is 0 Å². The number of rotatable bonds is 5. The van der Waals surface area contributed by atoms with Crippen molar-refractivity contribution in [2.24, 2.45) is 11.8 Å². The standard InChI is InChI=1S/C18H35N3O/c1-15(2)13-18(22)21-11-9-19(10-12-21)14-17-5-7-20(8-6-17)16(3)4/h15-17H,5-14H2,1-4H3. The molecule has 2 rings (SSSR count). The van der Waals surface area contributed by atoms with Gasteiger partial charge in [-0.05, 0) is 51.6 Å². The maximum absolute atomic E-state index is 12.1. The molecule has 2 aliphatic rings. The first kappa shape index (κ1) is 17.7. The highest BCUT2D eigenvalue weighted by Gasteiger charge is 2.26. The van der Waals surface area contributed by atoms with Gasteiger partial charge in [0, 0.05) is 45.2 Å². The van der Waals surface area contributed by atoms with Gasteiger partial charge >= 0.3 is 0 Å². The molecule has 2 aliphatic heterocycles. The summed E-state index contributed by atoms with van der Waals surface area (Å²) in [5, 5.41) is 0. The summed E-state index contributed by atoms with van der Waals surface area (Å²) in [5.41, 5.74) is 0. The number of piperidine rings is 1. The van der Waals surface area contributed by atoms with Crippen LogP contribution in [0.25, 0.3) is 0 Å². The fraction of sp³-hybridized carbons (Fsp3) is 0.944. The van der Waals surface area contributed by atoms with Crippen LogP contribution < -0.4 is 0 Å². The van der Waals surface area contributed by atoms with Crippen LogP contribution in [-0.2, 0) is 4.79 Å². The minimum Gasteiger partial charge on any atom is -0.340 e. The van der Waals surface area contributed by atoms with Crippen molar-refractivity contribution in [1.29, 1.82) is 0 Å². The van der Waals surface area contributed by atoms with Crippen molar-refractivity contribution in [3.05, 3.63) is 0 Å². The molecule has 1 amide bonds. The molecule has 0 atom stereocenters. The Hall–Kier alpha value is -0.610. The normalized spacial score (nSPS) is 22.7. The minimum atomic E-state index is 0.347. The molecule has 0 N–H and O–H groups in total. The van der Waals surface area contributed by atoms with Crippen LogP contribution >= 0.6 is 0 Å². The van der Waals surface area contributed by atoms with Gasteiger partial charge in [-0.1, -0.05) is 13.8 Å². The number of likely N-dealkylation sites (tertiary alicyclic amines) is 1. The molecule has 0 radical (unpaired) electrons. The number of nitrogens with zero attached hydrogens (tertiary/aromatic N) is 3. The van der Waals surface area contributed by atoms with Crippen LogP contribution in [0.15, 0.2) is 0 Å². The van der Waals surface area contributed by atoms with Gasteiger partial charge in [0.15, 0.2) is 0 Å². The molecule has 22 heavy (non-hydrogen) atoms. The molecule has 0 aromatic carbocycles. The number of piperazine rings is 1. The molecule has 0 bridgehead atoms. The predicted molar refractivity (Wildman–Crippen MR) is 91.9 cm³/mol. The van der Waals surface area contributed by atoms with Crippen molar-refractivity contribution in [1.82, 2.24) is 14.7 Å². The Labute approximate surface area is 136 Å². The Morgan fingerprint density at radius 1 is 0.955 bits per heavy atom. The smallest absolute Gasteiger partial charge is 0.222 e. The second-order valence-corrected chi connectivity index (χ2v) is 7.85. The van der Waals surface area contributed by atoms with E-state index < -0.39 is 0 Å². The Morgan fingerprint density at radius 2 is 1.55 bits per heavy atom. The van der Waals surface area contributed by atoms with E-state index in [9.17, 15) is 4.79 Å². The highest BCUT2D eigenvalue weighted by molar-refractivity contribution is 5.76. The van der Waals surface area contributed by atoms with Gasteiger partial charge < -0.3 is 9.80 Å². The van der Waals surface area contributed by atoms with E-state index in [0.717, 1.165) is 32.1 Å². The third-order valence-electron chi connectivity index (χ3n) is 5.20. The topological polar surface area (TPSA) is 26.8 Å². The number of amides is 1. The molecule has 0 aromatic rings. The molecule has 0 aliphatic carbocycles. The van der Waals surface area contributed by atoms with E-state index in [1.807, 2.05) is 0 Å². The van der Waals surface area contributed by atoms with Crippen molar-refractivity contribution in [2.75, 3.05) is 45.8 Å². The fourth-order valence-electron chi connectivity index (χ4n) is 3.68. The van der Waals surface area contributed by atoms with Gasteiger partial charge in [-0.25, -0.2) is 0 Å². The van der Waals surface area contributed by atoms with E-state index in [-0.39, 0.29) is 0 Å². The van der Waals surface area contributed by atoms with Gasteiger partial charge in [0.2, 0.25) is 5.91 Å². The number of carbonyl (C=O) groups is 1. The summed E-state index contributed by atoms with van der Waals surface area (Å²) < 4.78 is 0. The molecule has 2 heterocycles.